The summed E-state index contributed by atoms with van der Waals surface area (Å²) in [6, 6.07) is 32.5. The van der Waals surface area contributed by atoms with Gasteiger partial charge in [-0.25, -0.2) is 0 Å². The Hall–Kier alpha value is -3.65. The number of rotatable bonds is 19. The maximum Gasteiger partial charge on any atom is 0.236 e. The summed E-state index contributed by atoms with van der Waals surface area (Å²) in [5.74, 6) is 1.70. The number of ether oxygens (including phenoxy) is 3. The normalized spacial score (nSPS) is 13.2. The Morgan fingerprint density at radius 3 is 2.11 bits per heavy atom. The highest BCUT2D eigenvalue weighted by Crippen LogP contribution is 2.41. The molecule has 0 saturated carbocycles. The predicted octanol–water partition coefficient (Wildman–Crippen LogP) is 5.57. The molecule has 0 saturated heterocycles. The van der Waals surface area contributed by atoms with Gasteiger partial charge in [-0.3, -0.25) is 4.57 Å². The second kappa shape index (κ2) is 17.6. The van der Waals surface area contributed by atoms with Crippen molar-refractivity contribution in [3.63, 3.8) is 0 Å². The SMILES string of the molecule is O=P(O)(CCCc1ccccc1)COc1ccc(CCNC[C@H](O)COc2ccc(OCc3ccccc3)c(CO)c2)cc1. The fourth-order valence-electron chi connectivity index (χ4n) is 4.57. The smallest absolute Gasteiger partial charge is 0.236 e. The van der Waals surface area contributed by atoms with Crippen LogP contribution >= 0.6 is 7.37 Å². The number of benzene rings is 4. The van der Waals surface area contributed by atoms with Gasteiger partial charge in [0.25, 0.3) is 0 Å². The monoisotopic (exact) mass is 619 g/mol. The van der Waals surface area contributed by atoms with Crippen molar-refractivity contribution in [2.24, 2.45) is 0 Å². The number of nitrogens with one attached hydrogen (secondary N) is 1. The molecule has 0 aliphatic heterocycles. The predicted molar refractivity (Wildman–Crippen MR) is 173 cm³/mol. The minimum atomic E-state index is -3.37. The third kappa shape index (κ3) is 11.8. The van der Waals surface area contributed by atoms with E-state index >= 15 is 0 Å². The molecule has 2 atom stereocenters. The molecule has 4 aromatic rings. The Kier molecular flexibility index (Phi) is 13.3. The van der Waals surface area contributed by atoms with Gasteiger partial charge in [-0.2, -0.15) is 0 Å². The van der Waals surface area contributed by atoms with Gasteiger partial charge in [-0.05, 0) is 72.8 Å². The molecule has 0 amide bonds. The average Bonchev–Trinajstić information content (AvgIpc) is 3.05. The molecule has 0 bridgehead atoms. The maximum atomic E-state index is 12.5. The minimum absolute atomic E-state index is 0.106. The minimum Gasteiger partial charge on any atom is -0.491 e. The maximum absolute atomic E-state index is 12.5. The Labute approximate surface area is 259 Å². The molecular weight excluding hydrogens is 577 g/mol. The molecule has 0 heterocycles. The molecule has 0 aliphatic rings. The summed E-state index contributed by atoms with van der Waals surface area (Å²) in [4.78, 5) is 10.3. The van der Waals surface area contributed by atoms with E-state index in [1.807, 2.05) is 72.8 Å². The van der Waals surface area contributed by atoms with Crippen LogP contribution < -0.4 is 19.5 Å². The van der Waals surface area contributed by atoms with Gasteiger partial charge in [0.1, 0.15) is 36.6 Å². The zero-order valence-corrected chi connectivity index (χ0v) is 25.8. The molecular formula is C35H42NO7P. The standard InChI is InChI=1S/C35H42NO7P/c37-24-31-22-34(17-18-35(31)42-25-30-10-5-2-6-11-30)41-26-32(38)23-36-20-19-29-13-15-33(16-14-29)43-27-44(39,40)21-7-12-28-8-3-1-4-9-28/h1-6,8-11,13-18,22,32,36-38H,7,12,19-21,23-27H2,(H,39,40)/t32-/m0/s1. The summed E-state index contributed by atoms with van der Waals surface area (Å²) in [6.07, 6.45) is 1.47. The number of aliphatic hydroxyl groups excluding tert-OH is 2. The quantitative estimate of drug-likeness (QED) is 0.0796. The van der Waals surface area contributed by atoms with Crippen molar-refractivity contribution >= 4 is 7.37 Å². The molecule has 1 unspecified atom stereocenters. The van der Waals surface area contributed by atoms with E-state index in [0.29, 0.717) is 48.9 Å². The van der Waals surface area contributed by atoms with Crippen molar-refractivity contribution in [1.29, 1.82) is 0 Å². The van der Waals surface area contributed by atoms with E-state index in [1.54, 1.807) is 30.3 Å². The van der Waals surface area contributed by atoms with Crippen LogP contribution in [0.1, 0.15) is 28.7 Å². The number of aliphatic hydroxyl groups is 2. The molecule has 44 heavy (non-hydrogen) atoms. The summed E-state index contributed by atoms with van der Waals surface area (Å²) in [7, 11) is -3.37. The summed E-state index contributed by atoms with van der Waals surface area (Å²) < 4.78 is 29.7. The zero-order valence-electron chi connectivity index (χ0n) is 24.9. The lowest BCUT2D eigenvalue weighted by atomic mass is 10.1. The van der Waals surface area contributed by atoms with Crippen molar-refractivity contribution in [2.75, 3.05) is 32.2 Å². The highest BCUT2D eigenvalue weighted by molar-refractivity contribution is 7.57. The Morgan fingerprint density at radius 1 is 0.750 bits per heavy atom. The van der Waals surface area contributed by atoms with E-state index in [9.17, 15) is 19.7 Å². The van der Waals surface area contributed by atoms with Crippen LogP contribution in [0.25, 0.3) is 0 Å². The molecule has 0 aromatic heterocycles. The van der Waals surface area contributed by atoms with Crippen LogP contribution in [0.4, 0.5) is 0 Å². The van der Waals surface area contributed by atoms with Crippen LogP contribution in [0.15, 0.2) is 103 Å². The molecule has 4 rings (SSSR count). The highest BCUT2D eigenvalue weighted by atomic mass is 31.2. The van der Waals surface area contributed by atoms with Gasteiger partial charge in [0, 0.05) is 18.3 Å². The fourth-order valence-corrected chi connectivity index (χ4v) is 5.70. The Balaban J connectivity index is 1.10. The third-order valence-corrected chi connectivity index (χ3v) is 8.57. The molecule has 4 aromatic carbocycles. The first-order valence-electron chi connectivity index (χ1n) is 14.9. The number of hydrogen-bond acceptors (Lipinski definition) is 7. The first-order valence-corrected chi connectivity index (χ1v) is 16.9. The molecule has 0 radical (unpaired) electrons. The molecule has 0 fully saturated rings. The van der Waals surface area contributed by atoms with Crippen molar-refractivity contribution in [3.8, 4) is 17.2 Å². The number of aryl methyl sites for hydroxylation is 1. The Bertz CT molecular complexity index is 1430. The van der Waals surface area contributed by atoms with E-state index in [2.05, 4.69) is 5.32 Å². The molecule has 0 spiro atoms. The fraction of sp³-hybridized carbons (Fsp3) is 0.314. The van der Waals surface area contributed by atoms with Crippen molar-refractivity contribution < 1.29 is 33.9 Å². The van der Waals surface area contributed by atoms with Crippen LogP contribution in [-0.4, -0.2) is 53.4 Å². The van der Waals surface area contributed by atoms with Crippen LogP contribution in [0.3, 0.4) is 0 Å². The first kappa shape index (κ1) is 33.2. The summed E-state index contributed by atoms with van der Waals surface area (Å²) in [5, 5.41) is 23.4. The third-order valence-electron chi connectivity index (χ3n) is 7.02. The van der Waals surface area contributed by atoms with E-state index in [-0.39, 0.29) is 25.7 Å². The van der Waals surface area contributed by atoms with Crippen LogP contribution in [0.2, 0.25) is 0 Å². The summed E-state index contributed by atoms with van der Waals surface area (Å²) in [6.45, 7) is 1.35. The van der Waals surface area contributed by atoms with Crippen LogP contribution in [0.5, 0.6) is 17.2 Å². The van der Waals surface area contributed by atoms with Crippen molar-refractivity contribution in [1.82, 2.24) is 5.32 Å². The lowest BCUT2D eigenvalue weighted by Crippen LogP contribution is -2.32. The molecule has 234 valence electrons. The van der Waals surface area contributed by atoms with Gasteiger partial charge in [-0.1, -0.05) is 72.8 Å². The van der Waals surface area contributed by atoms with E-state index in [0.717, 1.165) is 29.5 Å². The van der Waals surface area contributed by atoms with Gasteiger partial charge in [0.05, 0.1) is 6.61 Å². The van der Waals surface area contributed by atoms with Gasteiger partial charge in [-0.15, -0.1) is 0 Å². The van der Waals surface area contributed by atoms with Crippen molar-refractivity contribution in [2.45, 2.75) is 38.6 Å². The Morgan fingerprint density at radius 2 is 1.41 bits per heavy atom. The average molecular weight is 620 g/mol. The lowest BCUT2D eigenvalue weighted by Gasteiger charge is -2.15. The topological polar surface area (TPSA) is 117 Å². The molecule has 4 N–H and O–H groups in total. The van der Waals surface area contributed by atoms with E-state index < -0.39 is 13.5 Å². The van der Waals surface area contributed by atoms with Crippen LogP contribution in [0, 0.1) is 0 Å². The second-order valence-electron chi connectivity index (χ2n) is 10.7. The van der Waals surface area contributed by atoms with E-state index in [1.165, 1.54) is 0 Å². The van der Waals surface area contributed by atoms with Crippen LogP contribution in [-0.2, 0) is 30.6 Å². The molecule has 8 nitrogen and oxygen atoms in total. The summed E-state index contributed by atoms with van der Waals surface area (Å²) in [5.41, 5.74) is 3.89. The van der Waals surface area contributed by atoms with E-state index in [4.69, 9.17) is 14.2 Å². The van der Waals surface area contributed by atoms with Gasteiger partial charge >= 0.3 is 0 Å². The van der Waals surface area contributed by atoms with Crippen molar-refractivity contribution in [3.05, 3.63) is 125 Å². The summed E-state index contributed by atoms with van der Waals surface area (Å²) >= 11 is 0. The second-order valence-corrected chi connectivity index (χ2v) is 13.1. The van der Waals surface area contributed by atoms with Gasteiger partial charge < -0.3 is 34.6 Å². The number of hydrogen-bond donors (Lipinski definition) is 4. The van der Waals surface area contributed by atoms with Gasteiger partial charge in [0.15, 0.2) is 6.35 Å². The zero-order chi connectivity index (χ0) is 31.0. The molecule has 0 aliphatic carbocycles. The first-order chi connectivity index (χ1) is 21.4. The largest absolute Gasteiger partial charge is 0.491 e. The highest BCUT2D eigenvalue weighted by Gasteiger charge is 2.19. The molecule has 9 heteroatoms. The van der Waals surface area contributed by atoms with Gasteiger partial charge in [0.2, 0.25) is 7.37 Å². The lowest BCUT2D eigenvalue weighted by molar-refractivity contribution is 0.106.